The van der Waals surface area contributed by atoms with E-state index in [1.165, 1.54) is 24.3 Å². The lowest BCUT2D eigenvalue weighted by molar-refractivity contribution is 0.103. The molecule has 0 amide bonds. The monoisotopic (exact) mass is 232 g/mol. The number of phenolic OH excluding ortho intramolecular Hbond substituents is 2. The molecule has 17 heavy (non-hydrogen) atoms. The molecule has 0 aromatic heterocycles. The van der Waals surface area contributed by atoms with Gasteiger partial charge in [0.05, 0.1) is 0 Å². The van der Waals surface area contributed by atoms with Gasteiger partial charge in [-0.15, -0.1) is 0 Å². The van der Waals surface area contributed by atoms with Gasteiger partial charge in [-0.05, 0) is 48.5 Å². The Morgan fingerprint density at radius 2 is 1.00 bits per heavy atom. The third kappa shape index (κ3) is 2.83. The third-order valence-corrected chi connectivity index (χ3v) is 2.26. The van der Waals surface area contributed by atoms with Gasteiger partial charge >= 0.3 is 0 Å². The second-order valence-electron chi connectivity index (χ2n) is 3.42. The lowest BCUT2D eigenvalue weighted by Crippen LogP contribution is -2.00. The molecule has 4 N–H and O–H groups in total. The van der Waals surface area contributed by atoms with Crippen molar-refractivity contribution >= 4 is 5.78 Å². The van der Waals surface area contributed by atoms with Gasteiger partial charge < -0.3 is 15.7 Å². The molecule has 0 heterocycles. The molecule has 0 radical (unpaired) electrons. The lowest BCUT2D eigenvalue weighted by atomic mass is 10.0. The molecule has 0 saturated heterocycles. The van der Waals surface area contributed by atoms with Crippen LogP contribution >= 0.6 is 0 Å². The highest BCUT2D eigenvalue weighted by atomic mass is 16.3. The maximum atomic E-state index is 11.9. The molecular weight excluding hydrogens is 220 g/mol. The van der Waals surface area contributed by atoms with Crippen molar-refractivity contribution in [1.29, 1.82) is 0 Å². The number of hydrogen-bond acceptors (Lipinski definition) is 3. The van der Waals surface area contributed by atoms with E-state index in [9.17, 15) is 4.79 Å². The van der Waals surface area contributed by atoms with Crippen LogP contribution in [0, 0.1) is 0 Å². The van der Waals surface area contributed by atoms with Crippen molar-refractivity contribution in [3.05, 3.63) is 59.7 Å². The summed E-state index contributed by atoms with van der Waals surface area (Å²) in [5.74, 6) is 0.115. The number of carbonyl (C=O) groups excluding carboxylic acids is 1. The Morgan fingerprint density at radius 1 is 0.706 bits per heavy atom. The van der Waals surface area contributed by atoms with Gasteiger partial charge in [0.25, 0.3) is 0 Å². The Balaban J connectivity index is 0.00000144. The maximum absolute atomic E-state index is 11.9. The van der Waals surface area contributed by atoms with Crippen LogP contribution in [0.25, 0.3) is 0 Å². The van der Waals surface area contributed by atoms with Crippen LogP contribution in [0.15, 0.2) is 48.5 Å². The molecule has 0 aliphatic carbocycles. The van der Waals surface area contributed by atoms with Crippen molar-refractivity contribution in [3.8, 4) is 11.5 Å². The van der Waals surface area contributed by atoms with E-state index in [1.807, 2.05) is 0 Å². The first-order chi connectivity index (χ1) is 7.66. The SMILES string of the molecule is O.O=C(c1ccc(O)cc1)c1ccc(O)cc1. The van der Waals surface area contributed by atoms with Crippen molar-refractivity contribution in [3.63, 3.8) is 0 Å². The summed E-state index contributed by atoms with van der Waals surface area (Å²) in [7, 11) is 0. The number of hydrogen-bond donors (Lipinski definition) is 2. The highest BCUT2D eigenvalue weighted by molar-refractivity contribution is 6.09. The van der Waals surface area contributed by atoms with Crippen LogP contribution < -0.4 is 0 Å². The van der Waals surface area contributed by atoms with E-state index in [1.54, 1.807) is 24.3 Å². The molecule has 88 valence electrons. The summed E-state index contributed by atoms with van der Waals surface area (Å²) in [5, 5.41) is 18.2. The molecular formula is C13H12O4. The normalized spacial score (nSPS) is 9.41. The second kappa shape index (κ2) is 5.14. The van der Waals surface area contributed by atoms with Crippen molar-refractivity contribution < 1.29 is 20.5 Å². The summed E-state index contributed by atoms with van der Waals surface area (Å²) in [6, 6.07) is 12.1. The minimum atomic E-state index is -0.139. The highest BCUT2D eigenvalue weighted by Crippen LogP contribution is 2.16. The second-order valence-corrected chi connectivity index (χ2v) is 3.42. The van der Waals surface area contributed by atoms with Crippen LogP contribution in [0.1, 0.15) is 15.9 Å². The number of benzene rings is 2. The summed E-state index contributed by atoms with van der Waals surface area (Å²) >= 11 is 0. The lowest BCUT2D eigenvalue weighted by Gasteiger charge is -2.01. The van der Waals surface area contributed by atoms with Gasteiger partial charge in [0.1, 0.15) is 11.5 Å². The molecule has 0 bridgehead atoms. The molecule has 0 saturated carbocycles. The zero-order valence-electron chi connectivity index (χ0n) is 8.92. The van der Waals surface area contributed by atoms with Crippen LogP contribution in [-0.4, -0.2) is 21.5 Å². The van der Waals surface area contributed by atoms with Crippen LogP contribution in [0.4, 0.5) is 0 Å². The first-order valence-electron chi connectivity index (χ1n) is 4.79. The van der Waals surface area contributed by atoms with Gasteiger partial charge in [-0.2, -0.15) is 0 Å². The predicted molar refractivity (Wildman–Crippen MR) is 63.3 cm³/mol. The molecule has 2 aromatic carbocycles. The van der Waals surface area contributed by atoms with Crippen molar-refractivity contribution in [2.75, 3.05) is 0 Å². The first-order valence-corrected chi connectivity index (χ1v) is 4.79. The molecule has 2 rings (SSSR count). The van der Waals surface area contributed by atoms with E-state index in [2.05, 4.69) is 0 Å². The molecule has 0 fully saturated rings. The van der Waals surface area contributed by atoms with Crippen LogP contribution in [0.5, 0.6) is 11.5 Å². The summed E-state index contributed by atoms with van der Waals surface area (Å²) in [4.78, 5) is 11.9. The molecule has 0 aliphatic heterocycles. The molecule has 0 unspecified atom stereocenters. The van der Waals surface area contributed by atoms with Crippen molar-refractivity contribution in [1.82, 2.24) is 0 Å². The standard InChI is InChI=1S/C13H10O3.H2O/c14-11-5-1-9(2-6-11)13(16)10-3-7-12(15)8-4-10;/h1-8,14-15H;1H2. The number of carbonyl (C=O) groups is 1. The quantitative estimate of drug-likeness (QED) is 0.769. The maximum Gasteiger partial charge on any atom is 0.193 e. The smallest absolute Gasteiger partial charge is 0.193 e. The Bertz CT molecular complexity index is 452. The third-order valence-electron chi connectivity index (χ3n) is 2.26. The average molecular weight is 232 g/mol. The fourth-order valence-electron chi connectivity index (χ4n) is 1.39. The van der Waals surface area contributed by atoms with Crippen LogP contribution in [0.2, 0.25) is 0 Å². The minimum Gasteiger partial charge on any atom is -0.508 e. The minimum absolute atomic E-state index is 0. The summed E-state index contributed by atoms with van der Waals surface area (Å²) in [5.41, 5.74) is 1.01. The number of phenols is 2. The fraction of sp³-hybridized carbons (Fsp3) is 0. The topological polar surface area (TPSA) is 89.0 Å². The summed E-state index contributed by atoms with van der Waals surface area (Å²) < 4.78 is 0. The van der Waals surface area contributed by atoms with Gasteiger partial charge in [0.2, 0.25) is 0 Å². The van der Waals surface area contributed by atoms with Gasteiger partial charge in [0.15, 0.2) is 5.78 Å². The number of rotatable bonds is 2. The van der Waals surface area contributed by atoms with Crippen molar-refractivity contribution in [2.45, 2.75) is 0 Å². The van der Waals surface area contributed by atoms with E-state index >= 15 is 0 Å². The molecule has 4 heteroatoms. The van der Waals surface area contributed by atoms with Gasteiger partial charge in [-0.25, -0.2) is 0 Å². The predicted octanol–water partition coefficient (Wildman–Crippen LogP) is 1.50. The van der Waals surface area contributed by atoms with E-state index in [0.29, 0.717) is 11.1 Å². The van der Waals surface area contributed by atoms with Crippen molar-refractivity contribution in [2.24, 2.45) is 0 Å². The Labute approximate surface area is 98.1 Å². The van der Waals surface area contributed by atoms with E-state index in [-0.39, 0.29) is 22.8 Å². The first kappa shape index (κ1) is 12.7. The van der Waals surface area contributed by atoms with Gasteiger partial charge in [0, 0.05) is 11.1 Å². The molecule has 2 aromatic rings. The Kier molecular flexibility index (Phi) is 3.85. The van der Waals surface area contributed by atoms with E-state index in [0.717, 1.165) is 0 Å². The van der Waals surface area contributed by atoms with Crippen LogP contribution in [0.3, 0.4) is 0 Å². The zero-order valence-corrected chi connectivity index (χ0v) is 8.92. The number of ketones is 1. The summed E-state index contributed by atoms with van der Waals surface area (Å²) in [6.07, 6.45) is 0. The van der Waals surface area contributed by atoms with E-state index in [4.69, 9.17) is 10.2 Å². The molecule has 4 nitrogen and oxygen atoms in total. The van der Waals surface area contributed by atoms with Gasteiger partial charge in [-0.1, -0.05) is 0 Å². The van der Waals surface area contributed by atoms with Crippen LogP contribution in [-0.2, 0) is 0 Å². The Hall–Kier alpha value is -2.33. The largest absolute Gasteiger partial charge is 0.508 e. The molecule has 0 atom stereocenters. The number of aromatic hydroxyl groups is 2. The van der Waals surface area contributed by atoms with Gasteiger partial charge in [-0.3, -0.25) is 4.79 Å². The molecule has 0 aliphatic rings. The fourth-order valence-corrected chi connectivity index (χ4v) is 1.39. The Morgan fingerprint density at radius 3 is 1.29 bits per heavy atom. The highest BCUT2D eigenvalue weighted by Gasteiger charge is 2.08. The van der Waals surface area contributed by atoms with E-state index < -0.39 is 0 Å². The summed E-state index contributed by atoms with van der Waals surface area (Å²) in [6.45, 7) is 0. The zero-order chi connectivity index (χ0) is 11.5. The average Bonchev–Trinajstić information content (AvgIpc) is 2.30. The molecule has 0 spiro atoms.